The van der Waals surface area contributed by atoms with Crippen LogP contribution in [0.15, 0.2) is 29.8 Å². The Kier molecular flexibility index (Phi) is 4.91. The molecule has 1 heterocycles. The van der Waals surface area contributed by atoms with Crippen LogP contribution in [0.3, 0.4) is 0 Å². The van der Waals surface area contributed by atoms with Crippen molar-refractivity contribution in [3.05, 3.63) is 51.5 Å². The van der Waals surface area contributed by atoms with Gasteiger partial charge in [0.1, 0.15) is 0 Å². The molecule has 1 aromatic carbocycles. The second-order valence-corrected chi connectivity index (χ2v) is 7.44. The van der Waals surface area contributed by atoms with Crippen LogP contribution in [0, 0.1) is 13.8 Å². The van der Waals surface area contributed by atoms with Crippen LogP contribution < -0.4 is 4.72 Å². The topological polar surface area (TPSA) is 59.1 Å². The first-order chi connectivity index (χ1) is 9.48. The zero-order valence-electron chi connectivity index (χ0n) is 11.6. The lowest BCUT2D eigenvalue weighted by atomic mass is 10.1. The number of aromatic nitrogens is 1. The zero-order chi connectivity index (χ0) is 14.6. The van der Waals surface area contributed by atoms with Gasteiger partial charge >= 0.3 is 0 Å². The van der Waals surface area contributed by atoms with E-state index < -0.39 is 10.0 Å². The van der Waals surface area contributed by atoms with Crippen molar-refractivity contribution in [2.45, 2.75) is 26.0 Å². The van der Waals surface area contributed by atoms with Crippen LogP contribution in [-0.2, 0) is 22.2 Å². The Bertz CT molecular complexity index is 678. The van der Waals surface area contributed by atoms with Crippen molar-refractivity contribution >= 4 is 21.4 Å². The van der Waals surface area contributed by atoms with Crippen LogP contribution in [-0.4, -0.2) is 19.9 Å². The molecule has 1 aromatic heterocycles. The summed E-state index contributed by atoms with van der Waals surface area (Å²) in [5.74, 6) is 0.0291. The Balaban J connectivity index is 1.92. The molecular formula is C14H18N2O2S2. The van der Waals surface area contributed by atoms with E-state index >= 15 is 0 Å². The number of hydrogen-bond donors (Lipinski definition) is 1. The molecule has 0 unspecified atom stereocenters. The monoisotopic (exact) mass is 310 g/mol. The minimum atomic E-state index is -3.29. The average molecular weight is 310 g/mol. The predicted octanol–water partition coefficient (Wildman–Crippen LogP) is 2.42. The molecule has 0 saturated carbocycles. The van der Waals surface area contributed by atoms with Gasteiger partial charge in [0.25, 0.3) is 0 Å². The van der Waals surface area contributed by atoms with Gasteiger partial charge in [0, 0.05) is 11.4 Å². The molecule has 0 atom stereocenters. The van der Waals surface area contributed by atoms with Gasteiger partial charge in [0.15, 0.2) is 0 Å². The van der Waals surface area contributed by atoms with E-state index in [2.05, 4.69) is 9.71 Å². The summed E-state index contributed by atoms with van der Waals surface area (Å²) in [5.41, 5.74) is 4.60. The molecule has 0 spiro atoms. The summed E-state index contributed by atoms with van der Waals surface area (Å²) in [6.07, 6.45) is 0.684. The third-order valence-corrected chi connectivity index (χ3v) is 5.46. The zero-order valence-corrected chi connectivity index (χ0v) is 13.2. The third-order valence-electron chi connectivity index (χ3n) is 3.13. The lowest BCUT2D eigenvalue weighted by molar-refractivity contribution is 0.580. The van der Waals surface area contributed by atoms with E-state index in [9.17, 15) is 8.42 Å². The number of nitrogens with one attached hydrogen (secondary N) is 1. The largest absolute Gasteiger partial charge is 0.250 e. The molecule has 108 valence electrons. The summed E-state index contributed by atoms with van der Waals surface area (Å²) in [5, 5.41) is 0. The highest BCUT2D eigenvalue weighted by molar-refractivity contribution is 7.88. The Hall–Kier alpha value is -1.24. The highest BCUT2D eigenvalue weighted by Crippen LogP contribution is 2.13. The maximum absolute atomic E-state index is 12.0. The van der Waals surface area contributed by atoms with E-state index in [1.165, 1.54) is 0 Å². The maximum Gasteiger partial charge on any atom is 0.215 e. The molecule has 4 nitrogen and oxygen atoms in total. The van der Waals surface area contributed by atoms with Gasteiger partial charge in [-0.05, 0) is 31.4 Å². The Labute approximate surface area is 123 Å². The van der Waals surface area contributed by atoms with Crippen LogP contribution in [0.4, 0.5) is 0 Å². The number of hydrogen-bond acceptors (Lipinski definition) is 4. The van der Waals surface area contributed by atoms with Crippen LogP contribution in [0.2, 0.25) is 0 Å². The fourth-order valence-electron chi connectivity index (χ4n) is 1.91. The molecule has 2 rings (SSSR count). The highest BCUT2D eigenvalue weighted by atomic mass is 32.2. The van der Waals surface area contributed by atoms with Gasteiger partial charge in [-0.15, -0.1) is 11.3 Å². The lowest BCUT2D eigenvalue weighted by Gasteiger charge is -2.08. The van der Waals surface area contributed by atoms with Crippen molar-refractivity contribution in [3.8, 4) is 0 Å². The first-order valence-electron chi connectivity index (χ1n) is 6.39. The molecule has 0 aliphatic heterocycles. The van der Waals surface area contributed by atoms with Gasteiger partial charge < -0.3 is 0 Å². The molecule has 0 aliphatic carbocycles. The molecule has 2 aromatic rings. The summed E-state index contributed by atoms with van der Waals surface area (Å²) in [6, 6.07) is 7.54. The predicted molar refractivity (Wildman–Crippen MR) is 82.4 cm³/mol. The normalized spacial score (nSPS) is 11.7. The number of aryl methyl sites for hydroxylation is 2. The van der Waals surface area contributed by atoms with Crippen molar-refractivity contribution in [2.75, 3.05) is 6.54 Å². The number of thiazole rings is 1. The molecular weight excluding hydrogens is 292 g/mol. The van der Waals surface area contributed by atoms with Crippen molar-refractivity contribution in [2.24, 2.45) is 0 Å². The molecule has 6 heteroatoms. The van der Waals surface area contributed by atoms with E-state index in [0.717, 1.165) is 21.7 Å². The van der Waals surface area contributed by atoms with Gasteiger partial charge in [0.2, 0.25) is 10.0 Å². The summed E-state index contributed by atoms with van der Waals surface area (Å²) in [6.45, 7) is 4.27. The maximum atomic E-state index is 12.0. The van der Waals surface area contributed by atoms with E-state index in [1.807, 2.05) is 38.1 Å². The first kappa shape index (κ1) is 15.2. The molecule has 0 fully saturated rings. The molecule has 0 saturated heterocycles. The van der Waals surface area contributed by atoms with E-state index in [-0.39, 0.29) is 5.75 Å². The average Bonchev–Trinajstić information content (AvgIpc) is 2.78. The van der Waals surface area contributed by atoms with Crippen molar-refractivity contribution in [1.82, 2.24) is 9.71 Å². The van der Waals surface area contributed by atoms with Crippen molar-refractivity contribution < 1.29 is 8.42 Å². The number of benzene rings is 1. The first-order valence-corrected chi connectivity index (χ1v) is 8.92. The van der Waals surface area contributed by atoms with Crippen LogP contribution >= 0.6 is 11.3 Å². The minimum Gasteiger partial charge on any atom is -0.250 e. The SMILES string of the molecule is Cc1ccccc1CS(=O)(=O)NCCc1scnc1C. The minimum absolute atomic E-state index is 0.0291. The van der Waals surface area contributed by atoms with E-state index in [1.54, 1.807) is 16.8 Å². The summed E-state index contributed by atoms with van der Waals surface area (Å²) < 4.78 is 26.7. The second kappa shape index (κ2) is 6.47. The van der Waals surface area contributed by atoms with Crippen LogP contribution in [0.5, 0.6) is 0 Å². The summed E-state index contributed by atoms with van der Waals surface area (Å²) >= 11 is 1.56. The highest BCUT2D eigenvalue weighted by Gasteiger charge is 2.12. The Morgan fingerprint density at radius 2 is 2.00 bits per heavy atom. The van der Waals surface area contributed by atoms with Gasteiger partial charge in [0.05, 0.1) is 17.0 Å². The van der Waals surface area contributed by atoms with Crippen molar-refractivity contribution in [3.63, 3.8) is 0 Å². The van der Waals surface area contributed by atoms with Gasteiger partial charge in [-0.25, -0.2) is 18.1 Å². The molecule has 20 heavy (non-hydrogen) atoms. The van der Waals surface area contributed by atoms with Crippen LogP contribution in [0.1, 0.15) is 21.7 Å². The van der Waals surface area contributed by atoms with Gasteiger partial charge in [-0.2, -0.15) is 0 Å². The standard InChI is InChI=1S/C14H18N2O2S2/c1-11-5-3-4-6-13(11)9-20(17,18)16-8-7-14-12(2)15-10-19-14/h3-6,10,16H,7-9H2,1-2H3. The molecule has 0 amide bonds. The number of rotatable bonds is 6. The second-order valence-electron chi connectivity index (χ2n) is 4.69. The van der Waals surface area contributed by atoms with Gasteiger partial charge in [-0.3, -0.25) is 0 Å². The fraction of sp³-hybridized carbons (Fsp3) is 0.357. The fourth-order valence-corrected chi connectivity index (χ4v) is 3.94. The molecule has 0 aliphatic rings. The summed E-state index contributed by atoms with van der Waals surface area (Å²) in [7, 11) is -3.29. The van der Waals surface area contributed by atoms with Crippen molar-refractivity contribution in [1.29, 1.82) is 0 Å². The smallest absolute Gasteiger partial charge is 0.215 e. The van der Waals surface area contributed by atoms with Crippen LogP contribution in [0.25, 0.3) is 0 Å². The molecule has 0 bridgehead atoms. The van der Waals surface area contributed by atoms with Gasteiger partial charge in [-0.1, -0.05) is 24.3 Å². The summed E-state index contributed by atoms with van der Waals surface area (Å²) in [4.78, 5) is 5.28. The number of sulfonamides is 1. The number of nitrogens with zero attached hydrogens (tertiary/aromatic N) is 1. The molecule has 1 N–H and O–H groups in total. The van der Waals surface area contributed by atoms with E-state index in [4.69, 9.17) is 0 Å². The van der Waals surface area contributed by atoms with E-state index in [0.29, 0.717) is 13.0 Å². The lowest BCUT2D eigenvalue weighted by Crippen LogP contribution is -2.27. The third kappa shape index (κ3) is 4.13. The quantitative estimate of drug-likeness (QED) is 0.891. The Morgan fingerprint density at radius 3 is 2.65 bits per heavy atom. The Morgan fingerprint density at radius 1 is 1.25 bits per heavy atom. The molecule has 0 radical (unpaired) electrons.